The van der Waals surface area contributed by atoms with Crippen LogP contribution in [0, 0.1) is 6.92 Å². The van der Waals surface area contributed by atoms with Gasteiger partial charge in [0, 0.05) is 11.4 Å². The Morgan fingerprint density at radius 1 is 1.14 bits per heavy atom. The van der Waals surface area contributed by atoms with Crippen LogP contribution in [0.5, 0.6) is 0 Å². The van der Waals surface area contributed by atoms with E-state index in [0.717, 1.165) is 17.0 Å². The van der Waals surface area contributed by atoms with E-state index in [0.29, 0.717) is 10.8 Å². The van der Waals surface area contributed by atoms with Gasteiger partial charge in [0.2, 0.25) is 0 Å². The van der Waals surface area contributed by atoms with Crippen molar-refractivity contribution in [1.82, 2.24) is 5.43 Å². The third kappa shape index (κ3) is 4.57. The van der Waals surface area contributed by atoms with Crippen molar-refractivity contribution in [3.8, 4) is 0 Å². The smallest absolute Gasteiger partial charge is 0.191 e. The van der Waals surface area contributed by atoms with E-state index in [1.807, 2.05) is 62.4 Å². The minimum Gasteiger partial charge on any atom is -0.399 e. The molecule has 2 aromatic rings. The Morgan fingerprint density at radius 3 is 2.62 bits per heavy atom. The molecule has 108 valence electrons. The monoisotopic (exact) mass is 298 g/mol. The molecule has 0 saturated heterocycles. The Hall–Kier alpha value is -2.40. The second-order valence-electron chi connectivity index (χ2n) is 4.76. The third-order valence-corrected chi connectivity index (χ3v) is 3.10. The molecule has 0 aliphatic rings. The molecular formula is C16H18N4S. The lowest BCUT2D eigenvalue weighted by molar-refractivity contribution is 1.04. The van der Waals surface area contributed by atoms with E-state index in [1.165, 1.54) is 5.56 Å². The van der Waals surface area contributed by atoms with Crippen LogP contribution < -0.4 is 16.5 Å². The molecular weight excluding hydrogens is 280 g/mol. The summed E-state index contributed by atoms with van der Waals surface area (Å²) in [7, 11) is 0. The molecule has 5 heteroatoms. The first-order valence-corrected chi connectivity index (χ1v) is 6.99. The second kappa shape index (κ2) is 6.85. The molecule has 0 bridgehead atoms. The summed E-state index contributed by atoms with van der Waals surface area (Å²) < 4.78 is 0. The van der Waals surface area contributed by atoms with Crippen molar-refractivity contribution >= 4 is 34.4 Å². The molecule has 0 amide bonds. The highest BCUT2D eigenvalue weighted by molar-refractivity contribution is 7.80. The van der Waals surface area contributed by atoms with Crippen molar-refractivity contribution in [2.45, 2.75) is 13.8 Å². The Labute approximate surface area is 130 Å². The van der Waals surface area contributed by atoms with E-state index in [2.05, 4.69) is 15.8 Å². The first kappa shape index (κ1) is 15.0. The normalized spacial score (nSPS) is 11.0. The number of nitrogens with zero attached hydrogens (tertiary/aromatic N) is 1. The van der Waals surface area contributed by atoms with Crippen LogP contribution in [0.15, 0.2) is 53.6 Å². The van der Waals surface area contributed by atoms with Crippen LogP contribution in [0.2, 0.25) is 0 Å². The summed E-state index contributed by atoms with van der Waals surface area (Å²) in [5.41, 5.74) is 13.2. The van der Waals surface area contributed by atoms with Gasteiger partial charge in [0.1, 0.15) is 0 Å². The molecule has 0 radical (unpaired) electrons. The third-order valence-electron chi connectivity index (χ3n) is 2.91. The quantitative estimate of drug-likeness (QED) is 0.352. The highest BCUT2D eigenvalue weighted by Gasteiger charge is 2.00. The fourth-order valence-electron chi connectivity index (χ4n) is 1.84. The van der Waals surface area contributed by atoms with E-state index in [9.17, 15) is 0 Å². The molecule has 0 fully saturated rings. The van der Waals surface area contributed by atoms with Crippen molar-refractivity contribution in [3.63, 3.8) is 0 Å². The van der Waals surface area contributed by atoms with Gasteiger partial charge in [-0.15, -0.1) is 0 Å². The number of aryl methyl sites for hydroxylation is 1. The zero-order chi connectivity index (χ0) is 15.2. The second-order valence-corrected chi connectivity index (χ2v) is 5.17. The number of nitrogen functional groups attached to an aromatic ring is 1. The van der Waals surface area contributed by atoms with Gasteiger partial charge in [-0.1, -0.05) is 24.3 Å². The maximum atomic E-state index is 5.76. The molecule has 0 aliphatic heterocycles. The largest absolute Gasteiger partial charge is 0.399 e. The fourth-order valence-corrected chi connectivity index (χ4v) is 2.01. The predicted molar refractivity (Wildman–Crippen MR) is 93.6 cm³/mol. The summed E-state index contributed by atoms with van der Waals surface area (Å²) in [4.78, 5) is 0. The number of hydrazone groups is 1. The van der Waals surface area contributed by atoms with Gasteiger partial charge < -0.3 is 11.1 Å². The van der Waals surface area contributed by atoms with Gasteiger partial charge >= 0.3 is 0 Å². The number of benzene rings is 2. The van der Waals surface area contributed by atoms with E-state index in [4.69, 9.17) is 18.0 Å². The lowest BCUT2D eigenvalue weighted by Crippen LogP contribution is -2.25. The molecule has 0 unspecified atom stereocenters. The fraction of sp³-hybridized carbons (Fsp3) is 0.125. The van der Waals surface area contributed by atoms with Crippen LogP contribution in [-0.2, 0) is 0 Å². The maximum Gasteiger partial charge on any atom is 0.191 e. The van der Waals surface area contributed by atoms with Crippen molar-refractivity contribution in [1.29, 1.82) is 0 Å². The van der Waals surface area contributed by atoms with Crippen molar-refractivity contribution in [2.75, 3.05) is 11.1 Å². The molecule has 21 heavy (non-hydrogen) atoms. The average molecular weight is 298 g/mol. The number of nitrogens with two attached hydrogens (primary N) is 1. The zero-order valence-electron chi connectivity index (χ0n) is 12.1. The molecule has 0 heterocycles. The molecule has 2 rings (SSSR count). The Kier molecular flexibility index (Phi) is 4.90. The van der Waals surface area contributed by atoms with Gasteiger partial charge in [-0.05, 0) is 61.5 Å². The van der Waals surface area contributed by atoms with Gasteiger partial charge in [0.05, 0.1) is 5.71 Å². The predicted octanol–water partition coefficient (Wildman–Crippen LogP) is 3.29. The van der Waals surface area contributed by atoms with Crippen LogP contribution in [0.1, 0.15) is 18.1 Å². The molecule has 0 atom stereocenters. The molecule has 2 aromatic carbocycles. The van der Waals surface area contributed by atoms with Crippen LogP contribution >= 0.6 is 12.2 Å². The molecule has 4 nitrogen and oxygen atoms in total. The number of anilines is 2. The van der Waals surface area contributed by atoms with Crippen molar-refractivity contribution < 1.29 is 0 Å². The summed E-state index contributed by atoms with van der Waals surface area (Å²) in [6.45, 7) is 3.93. The molecule has 0 saturated carbocycles. The maximum absolute atomic E-state index is 5.76. The summed E-state index contributed by atoms with van der Waals surface area (Å²) in [6, 6.07) is 15.5. The number of rotatable bonds is 3. The van der Waals surface area contributed by atoms with Gasteiger partial charge in [-0.25, -0.2) is 0 Å². The van der Waals surface area contributed by atoms with Crippen LogP contribution in [0.4, 0.5) is 11.4 Å². The zero-order valence-corrected chi connectivity index (χ0v) is 12.9. The lowest BCUT2D eigenvalue weighted by Gasteiger charge is -2.09. The van der Waals surface area contributed by atoms with E-state index in [1.54, 1.807) is 0 Å². The van der Waals surface area contributed by atoms with Crippen LogP contribution in [0.3, 0.4) is 0 Å². The van der Waals surface area contributed by atoms with E-state index in [-0.39, 0.29) is 0 Å². The first-order valence-electron chi connectivity index (χ1n) is 6.58. The summed E-state index contributed by atoms with van der Waals surface area (Å²) in [5, 5.41) is 7.80. The van der Waals surface area contributed by atoms with Crippen LogP contribution in [0.25, 0.3) is 0 Å². The number of thiocarbonyl (C=S) groups is 1. The van der Waals surface area contributed by atoms with Crippen molar-refractivity contribution in [2.24, 2.45) is 5.10 Å². The molecule has 4 N–H and O–H groups in total. The molecule has 0 aromatic heterocycles. The highest BCUT2D eigenvalue weighted by Crippen LogP contribution is 2.09. The van der Waals surface area contributed by atoms with E-state index < -0.39 is 0 Å². The van der Waals surface area contributed by atoms with Gasteiger partial charge in [-0.3, -0.25) is 5.43 Å². The number of hydrogen-bond acceptors (Lipinski definition) is 3. The summed E-state index contributed by atoms with van der Waals surface area (Å²) in [6.07, 6.45) is 0. The Morgan fingerprint density at radius 2 is 1.90 bits per heavy atom. The Balaban J connectivity index is 1.98. The number of nitrogens with one attached hydrogen (secondary N) is 2. The minimum absolute atomic E-state index is 0.448. The summed E-state index contributed by atoms with van der Waals surface area (Å²) >= 11 is 5.22. The average Bonchev–Trinajstić information content (AvgIpc) is 2.45. The topological polar surface area (TPSA) is 62.4 Å². The van der Waals surface area contributed by atoms with Gasteiger partial charge in [0.15, 0.2) is 5.11 Å². The standard InChI is InChI=1S/C16H18N4S/c1-11-5-3-8-15(9-11)18-16(21)20-19-12(2)13-6-4-7-14(17)10-13/h3-10H,17H2,1-2H3,(H2,18,20,21)/b19-12-. The molecule has 0 aliphatic carbocycles. The molecule has 0 spiro atoms. The Bertz CT molecular complexity index is 679. The first-order chi connectivity index (χ1) is 10.0. The van der Waals surface area contributed by atoms with Crippen molar-refractivity contribution in [3.05, 3.63) is 59.7 Å². The summed E-state index contributed by atoms with van der Waals surface area (Å²) in [5.74, 6) is 0. The van der Waals surface area contributed by atoms with Gasteiger partial charge in [0.25, 0.3) is 0 Å². The van der Waals surface area contributed by atoms with Crippen LogP contribution in [-0.4, -0.2) is 10.8 Å². The minimum atomic E-state index is 0.448. The lowest BCUT2D eigenvalue weighted by atomic mass is 10.1. The van der Waals surface area contributed by atoms with E-state index >= 15 is 0 Å². The highest BCUT2D eigenvalue weighted by atomic mass is 32.1. The number of hydrogen-bond donors (Lipinski definition) is 3. The SMILES string of the molecule is C/C(=N/NC(=S)Nc1cccc(C)c1)c1cccc(N)c1. The van der Waals surface area contributed by atoms with Gasteiger partial charge in [-0.2, -0.15) is 5.10 Å².